The van der Waals surface area contributed by atoms with Gasteiger partial charge in [0.25, 0.3) is 11.1 Å². The van der Waals surface area contributed by atoms with Gasteiger partial charge < -0.3 is 5.73 Å². The molecule has 5 nitrogen and oxygen atoms in total. The first kappa shape index (κ1) is 14.1. The molecule has 1 heterocycles. The van der Waals surface area contributed by atoms with E-state index in [2.05, 4.69) is 12.0 Å². The summed E-state index contributed by atoms with van der Waals surface area (Å²) in [6.45, 7) is 2.74. The van der Waals surface area contributed by atoms with Gasteiger partial charge in [0.05, 0.1) is 6.04 Å². The molecule has 3 atom stereocenters. The molecule has 0 spiro atoms. The molecule has 3 N–H and O–H groups in total. The summed E-state index contributed by atoms with van der Waals surface area (Å²) in [6.07, 6.45) is 5.49. The Kier molecular flexibility index (Phi) is 4.58. The molecule has 1 aliphatic carbocycles. The number of hydrogen-bond donors (Lipinski definition) is 2. The van der Waals surface area contributed by atoms with Gasteiger partial charge in [0.15, 0.2) is 0 Å². The molecule has 0 bridgehead atoms. The summed E-state index contributed by atoms with van der Waals surface area (Å²) >= 11 is 0. The highest BCUT2D eigenvalue weighted by Gasteiger charge is 2.31. The van der Waals surface area contributed by atoms with Crippen LogP contribution in [-0.2, 0) is 0 Å². The highest BCUT2D eigenvalue weighted by atomic mass is 16.1. The molecule has 106 valence electrons. The highest BCUT2D eigenvalue weighted by Crippen LogP contribution is 2.37. The largest absolute Gasteiger partial charge is 0.330 e. The molecule has 0 aromatic carbocycles. The van der Waals surface area contributed by atoms with Crippen molar-refractivity contribution in [1.82, 2.24) is 9.78 Å². The second-order valence-electron chi connectivity index (χ2n) is 5.55. The van der Waals surface area contributed by atoms with Crippen molar-refractivity contribution in [3.8, 4) is 0 Å². The average molecular weight is 265 g/mol. The van der Waals surface area contributed by atoms with Crippen molar-refractivity contribution in [3.05, 3.63) is 32.8 Å². The first-order chi connectivity index (χ1) is 9.15. The lowest BCUT2D eigenvalue weighted by Crippen LogP contribution is -2.40. The standard InChI is InChI=1S/C14H23N3O2/c1-2-3-10-4-5-11(9-15)12(8-10)17-14(19)7-6-13(18)16-17/h6-7,10-12H,2-5,8-9,15H2,1H3,(H,16,18). The van der Waals surface area contributed by atoms with Crippen LogP contribution < -0.4 is 16.9 Å². The molecule has 1 aliphatic rings. The van der Waals surface area contributed by atoms with Crippen molar-refractivity contribution < 1.29 is 0 Å². The van der Waals surface area contributed by atoms with Gasteiger partial charge in [-0.25, -0.2) is 4.68 Å². The van der Waals surface area contributed by atoms with Crippen molar-refractivity contribution in [3.63, 3.8) is 0 Å². The lowest BCUT2D eigenvalue weighted by atomic mass is 9.76. The van der Waals surface area contributed by atoms with E-state index in [0.29, 0.717) is 12.5 Å². The molecule has 19 heavy (non-hydrogen) atoms. The predicted octanol–water partition coefficient (Wildman–Crippen LogP) is 1.25. The normalized spacial score (nSPS) is 27.4. The number of nitrogens with one attached hydrogen (secondary N) is 1. The Labute approximate surface area is 112 Å². The van der Waals surface area contributed by atoms with E-state index >= 15 is 0 Å². The lowest BCUT2D eigenvalue weighted by Gasteiger charge is -2.36. The summed E-state index contributed by atoms with van der Waals surface area (Å²) in [5.41, 5.74) is 5.46. The maximum atomic E-state index is 11.9. The molecule has 0 amide bonds. The van der Waals surface area contributed by atoms with E-state index in [-0.39, 0.29) is 23.1 Å². The van der Waals surface area contributed by atoms with Crippen molar-refractivity contribution >= 4 is 0 Å². The summed E-state index contributed by atoms with van der Waals surface area (Å²) in [4.78, 5) is 23.4. The van der Waals surface area contributed by atoms with Crippen LogP contribution in [0.2, 0.25) is 0 Å². The molecule has 1 fully saturated rings. The zero-order valence-corrected chi connectivity index (χ0v) is 11.5. The molecule has 1 aromatic rings. The molecule has 0 aliphatic heterocycles. The van der Waals surface area contributed by atoms with Gasteiger partial charge >= 0.3 is 0 Å². The van der Waals surface area contributed by atoms with Gasteiger partial charge in [0, 0.05) is 12.1 Å². The van der Waals surface area contributed by atoms with Gasteiger partial charge in [-0.2, -0.15) is 0 Å². The van der Waals surface area contributed by atoms with Crippen molar-refractivity contribution in [2.24, 2.45) is 17.6 Å². The Balaban J connectivity index is 2.29. The molecule has 5 heteroatoms. The van der Waals surface area contributed by atoms with Crippen LogP contribution in [0.25, 0.3) is 0 Å². The summed E-state index contributed by atoms with van der Waals surface area (Å²) < 4.78 is 1.50. The maximum absolute atomic E-state index is 11.9. The summed E-state index contributed by atoms with van der Waals surface area (Å²) in [7, 11) is 0. The number of aromatic amines is 1. The van der Waals surface area contributed by atoms with Gasteiger partial charge in [0.1, 0.15) is 0 Å². The summed E-state index contributed by atoms with van der Waals surface area (Å²) in [5.74, 6) is 0.914. The minimum Gasteiger partial charge on any atom is -0.330 e. The fraction of sp³-hybridized carbons (Fsp3) is 0.714. The molecular weight excluding hydrogens is 242 g/mol. The van der Waals surface area contributed by atoms with E-state index in [9.17, 15) is 9.59 Å². The minimum absolute atomic E-state index is 0.0386. The third kappa shape index (κ3) is 3.15. The zero-order chi connectivity index (χ0) is 13.8. The fourth-order valence-electron chi connectivity index (χ4n) is 3.24. The molecule has 3 unspecified atom stereocenters. The number of nitrogens with zero attached hydrogens (tertiary/aromatic N) is 1. The number of rotatable bonds is 4. The van der Waals surface area contributed by atoms with Crippen LogP contribution in [0.4, 0.5) is 0 Å². The Morgan fingerprint density at radius 2 is 2.16 bits per heavy atom. The SMILES string of the molecule is CCCC1CCC(CN)C(n2[nH]c(=O)ccc2=O)C1. The van der Waals surface area contributed by atoms with Crippen LogP contribution >= 0.6 is 0 Å². The number of aromatic nitrogens is 2. The van der Waals surface area contributed by atoms with Crippen LogP contribution in [0.5, 0.6) is 0 Å². The van der Waals surface area contributed by atoms with E-state index in [0.717, 1.165) is 19.3 Å². The third-order valence-electron chi connectivity index (χ3n) is 4.24. The molecular formula is C14H23N3O2. The molecule has 1 aromatic heterocycles. The first-order valence-electron chi connectivity index (χ1n) is 7.17. The zero-order valence-electron chi connectivity index (χ0n) is 11.5. The van der Waals surface area contributed by atoms with Crippen molar-refractivity contribution in [2.75, 3.05) is 6.54 Å². The molecule has 2 rings (SSSR count). The molecule has 0 saturated heterocycles. The van der Waals surface area contributed by atoms with E-state index in [1.807, 2.05) is 0 Å². The van der Waals surface area contributed by atoms with E-state index < -0.39 is 0 Å². The fourth-order valence-corrected chi connectivity index (χ4v) is 3.24. The number of hydrogen-bond acceptors (Lipinski definition) is 3. The van der Waals surface area contributed by atoms with Crippen molar-refractivity contribution in [1.29, 1.82) is 0 Å². The Morgan fingerprint density at radius 3 is 2.84 bits per heavy atom. The van der Waals surface area contributed by atoms with Gasteiger partial charge in [-0.15, -0.1) is 0 Å². The van der Waals surface area contributed by atoms with E-state index in [1.54, 1.807) is 0 Å². The highest BCUT2D eigenvalue weighted by molar-refractivity contribution is 4.91. The lowest BCUT2D eigenvalue weighted by molar-refractivity contribution is 0.163. The average Bonchev–Trinajstić information content (AvgIpc) is 2.42. The second-order valence-corrected chi connectivity index (χ2v) is 5.55. The number of H-pyrrole nitrogens is 1. The Morgan fingerprint density at radius 1 is 1.37 bits per heavy atom. The second kappa shape index (κ2) is 6.19. The Bertz CT molecular complexity index is 520. The van der Waals surface area contributed by atoms with Gasteiger partial charge in [0.2, 0.25) is 0 Å². The monoisotopic (exact) mass is 265 g/mol. The van der Waals surface area contributed by atoms with Gasteiger partial charge in [-0.3, -0.25) is 14.7 Å². The Hall–Kier alpha value is -1.36. The van der Waals surface area contributed by atoms with Gasteiger partial charge in [-0.05, 0) is 37.6 Å². The van der Waals surface area contributed by atoms with E-state index in [1.165, 1.54) is 29.7 Å². The third-order valence-corrected chi connectivity index (χ3v) is 4.24. The molecule has 1 saturated carbocycles. The summed E-state index contributed by atoms with van der Waals surface area (Å²) in [6, 6.07) is 2.66. The van der Waals surface area contributed by atoms with Crippen LogP contribution in [0, 0.1) is 11.8 Å². The first-order valence-corrected chi connectivity index (χ1v) is 7.17. The summed E-state index contributed by atoms with van der Waals surface area (Å²) in [5, 5.41) is 2.67. The van der Waals surface area contributed by atoms with Crippen molar-refractivity contribution in [2.45, 2.75) is 45.1 Å². The smallest absolute Gasteiger partial charge is 0.265 e. The van der Waals surface area contributed by atoms with Crippen LogP contribution in [0.3, 0.4) is 0 Å². The molecule has 0 radical (unpaired) electrons. The van der Waals surface area contributed by atoms with Crippen LogP contribution in [0.15, 0.2) is 21.7 Å². The maximum Gasteiger partial charge on any atom is 0.265 e. The topological polar surface area (TPSA) is 80.9 Å². The van der Waals surface area contributed by atoms with Gasteiger partial charge in [-0.1, -0.05) is 19.8 Å². The van der Waals surface area contributed by atoms with E-state index in [4.69, 9.17) is 5.73 Å². The predicted molar refractivity (Wildman–Crippen MR) is 75.2 cm³/mol. The number of nitrogens with two attached hydrogens (primary N) is 1. The minimum atomic E-state index is -0.229. The quantitative estimate of drug-likeness (QED) is 0.859. The van der Waals surface area contributed by atoms with Crippen LogP contribution in [-0.4, -0.2) is 16.3 Å². The van der Waals surface area contributed by atoms with Crippen LogP contribution in [0.1, 0.15) is 45.1 Å².